The first-order chi connectivity index (χ1) is 13.2. The number of ether oxygens (including phenoxy) is 3. The predicted octanol–water partition coefficient (Wildman–Crippen LogP) is 3.33. The maximum absolute atomic E-state index is 12.3. The third-order valence-electron chi connectivity index (χ3n) is 4.60. The minimum absolute atomic E-state index is 0.111. The predicted molar refractivity (Wildman–Crippen MR) is 107 cm³/mol. The van der Waals surface area contributed by atoms with Crippen molar-refractivity contribution in [1.29, 1.82) is 0 Å². The lowest BCUT2D eigenvalue weighted by Crippen LogP contribution is -2.43. The van der Waals surface area contributed by atoms with Crippen LogP contribution >= 0.6 is 21.6 Å². The van der Waals surface area contributed by atoms with Crippen LogP contribution in [0.4, 0.5) is 0 Å². The third kappa shape index (κ3) is 5.97. The van der Waals surface area contributed by atoms with Gasteiger partial charge in [-0.25, -0.2) is 4.79 Å². The first-order valence-corrected chi connectivity index (χ1v) is 11.6. The number of methoxy groups -OCH3 is 1. The van der Waals surface area contributed by atoms with Gasteiger partial charge in [0.1, 0.15) is 6.04 Å². The number of hydrogen-bond donors (Lipinski definition) is 1. The number of fused-ring (bicyclic) bond motifs is 1. The molecule has 2 aliphatic rings. The van der Waals surface area contributed by atoms with Crippen molar-refractivity contribution in [1.82, 2.24) is 5.32 Å². The van der Waals surface area contributed by atoms with E-state index in [2.05, 4.69) is 5.32 Å². The van der Waals surface area contributed by atoms with Gasteiger partial charge in [0.2, 0.25) is 12.7 Å². The number of carbonyl (C=O) groups excluding carboxylic acids is 2. The molecule has 2 atom stereocenters. The van der Waals surface area contributed by atoms with Crippen LogP contribution in [0.15, 0.2) is 18.2 Å². The molecule has 1 aromatic carbocycles. The van der Waals surface area contributed by atoms with E-state index in [1.54, 1.807) is 0 Å². The molecule has 2 aliphatic heterocycles. The Hall–Kier alpha value is -1.54. The molecule has 0 bridgehead atoms. The zero-order valence-electron chi connectivity index (χ0n) is 15.4. The molecule has 1 unspecified atom stereocenters. The summed E-state index contributed by atoms with van der Waals surface area (Å²) in [5.41, 5.74) is 0.880. The zero-order valence-corrected chi connectivity index (χ0v) is 17.0. The Morgan fingerprint density at radius 1 is 1.30 bits per heavy atom. The average Bonchev–Trinajstić information content (AvgIpc) is 3.35. The number of rotatable bonds is 9. The van der Waals surface area contributed by atoms with E-state index in [1.807, 2.05) is 39.8 Å². The van der Waals surface area contributed by atoms with E-state index in [1.165, 1.54) is 19.3 Å². The summed E-state index contributed by atoms with van der Waals surface area (Å²) in [6.07, 6.45) is 5.08. The molecular weight excluding hydrogens is 386 g/mol. The van der Waals surface area contributed by atoms with Gasteiger partial charge >= 0.3 is 5.97 Å². The molecule has 6 nitrogen and oxygen atoms in total. The largest absolute Gasteiger partial charge is 0.467 e. The smallest absolute Gasteiger partial charge is 0.328 e. The third-order valence-corrected chi connectivity index (χ3v) is 7.61. The fourth-order valence-electron chi connectivity index (χ4n) is 3.13. The lowest BCUT2D eigenvalue weighted by molar-refractivity contribution is -0.145. The summed E-state index contributed by atoms with van der Waals surface area (Å²) in [4.78, 5) is 24.4. The van der Waals surface area contributed by atoms with Gasteiger partial charge in [0, 0.05) is 23.8 Å². The quantitative estimate of drug-likeness (QED) is 0.379. The standard InChI is InChI=1S/C19H25NO5S2/c1-23-19(22)15(10-13-6-7-16-17(11-13)25-12-24-16)20-18(21)5-3-2-4-14-8-9-26-27-14/h6-7,11,14-15H,2-5,8-10,12H2,1H3,(H,20,21)/t14?,15-/m0/s1. The second-order valence-corrected chi connectivity index (χ2v) is 9.40. The molecule has 3 rings (SSSR count). The van der Waals surface area contributed by atoms with Gasteiger partial charge in [0.25, 0.3) is 0 Å². The molecule has 0 spiro atoms. The van der Waals surface area contributed by atoms with Gasteiger partial charge < -0.3 is 19.5 Å². The highest BCUT2D eigenvalue weighted by Crippen LogP contribution is 2.39. The molecule has 0 aliphatic carbocycles. The van der Waals surface area contributed by atoms with Crippen LogP contribution in [0.5, 0.6) is 11.5 Å². The first kappa shape index (κ1) is 20.2. The highest BCUT2D eigenvalue weighted by atomic mass is 33.1. The molecule has 1 amide bonds. The van der Waals surface area contributed by atoms with Gasteiger partial charge in [0.05, 0.1) is 7.11 Å². The van der Waals surface area contributed by atoms with Crippen LogP contribution in [0.1, 0.15) is 37.7 Å². The van der Waals surface area contributed by atoms with E-state index >= 15 is 0 Å². The van der Waals surface area contributed by atoms with Gasteiger partial charge in [-0.2, -0.15) is 0 Å². The van der Waals surface area contributed by atoms with Crippen LogP contribution in [0.3, 0.4) is 0 Å². The number of hydrogen-bond acceptors (Lipinski definition) is 7. The topological polar surface area (TPSA) is 73.9 Å². The van der Waals surface area contributed by atoms with Crippen LogP contribution in [0.2, 0.25) is 0 Å². The Kier molecular flexibility index (Phi) is 7.58. The van der Waals surface area contributed by atoms with Crippen molar-refractivity contribution < 1.29 is 23.8 Å². The molecule has 0 saturated carbocycles. The van der Waals surface area contributed by atoms with E-state index < -0.39 is 12.0 Å². The number of benzene rings is 1. The van der Waals surface area contributed by atoms with Crippen LogP contribution in [0.25, 0.3) is 0 Å². The number of esters is 1. The fourth-order valence-corrected chi connectivity index (χ4v) is 6.16. The second kappa shape index (κ2) is 10.1. The van der Waals surface area contributed by atoms with E-state index in [4.69, 9.17) is 14.2 Å². The molecule has 2 heterocycles. The minimum Gasteiger partial charge on any atom is -0.467 e. The lowest BCUT2D eigenvalue weighted by atomic mass is 10.0. The number of unbranched alkanes of at least 4 members (excludes halogenated alkanes) is 1. The average molecular weight is 412 g/mol. The Morgan fingerprint density at radius 2 is 2.15 bits per heavy atom. The molecule has 0 radical (unpaired) electrons. The molecule has 27 heavy (non-hydrogen) atoms. The Bertz CT molecular complexity index is 664. The van der Waals surface area contributed by atoms with Crippen molar-refractivity contribution in [3.05, 3.63) is 23.8 Å². The van der Waals surface area contributed by atoms with Crippen molar-refractivity contribution in [2.24, 2.45) is 0 Å². The molecule has 0 aromatic heterocycles. The fraction of sp³-hybridized carbons (Fsp3) is 0.579. The molecule has 1 saturated heterocycles. The summed E-state index contributed by atoms with van der Waals surface area (Å²) in [6, 6.07) is 4.81. The van der Waals surface area contributed by atoms with Crippen LogP contribution < -0.4 is 14.8 Å². The Morgan fingerprint density at radius 3 is 2.93 bits per heavy atom. The maximum atomic E-state index is 12.3. The maximum Gasteiger partial charge on any atom is 0.328 e. The minimum atomic E-state index is -0.704. The highest BCUT2D eigenvalue weighted by Gasteiger charge is 2.23. The SMILES string of the molecule is COC(=O)[C@H](Cc1ccc2c(c1)OCO2)NC(=O)CCCCC1CCSS1. The lowest BCUT2D eigenvalue weighted by Gasteiger charge is -2.17. The van der Waals surface area contributed by atoms with Crippen molar-refractivity contribution in [3.63, 3.8) is 0 Å². The van der Waals surface area contributed by atoms with Crippen LogP contribution in [-0.2, 0) is 20.7 Å². The second-order valence-electron chi connectivity index (χ2n) is 6.61. The van der Waals surface area contributed by atoms with Gasteiger partial charge in [-0.05, 0) is 37.0 Å². The van der Waals surface area contributed by atoms with Crippen LogP contribution in [-0.4, -0.2) is 42.8 Å². The Balaban J connectivity index is 1.47. The zero-order chi connectivity index (χ0) is 19.1. The van der Waals surface area contributed by atoms with Gasteiger partial charge in [-0.1, -0.05) is 34.1 Å². The van der Waals surface area contributed by atoms with E-state index in [0.29, 0.717) is 24.3 Å². The first-order valence-electron chi connectivity index (χ1n) is 9.19. The summed E-state index contributed by atoms with van der Waals surface area (Å²) in [5.74, 6) is 2.03. The van der Waals surface area contributed by atoms with E-state index in [9.17, 15) is 9.59 Å². The van der Waals surface area contributed by atoms with Crippen molar-refractivity contribution in [2.75, 3.05) is 19.7 Å². The number of amides is 1. The molecule has 8 heteroatoms. The summed E-state index contributed by atoms with van der Waals surface area (Å²) >= 11 is 0. The van der Waals surface area contributed by atoms with E-state index in [0.717, 1.165) is 30.1 Å². The summed E-state index contributed by atoms with van der Waals surface area (Å²) in [5, 5.41) is 3.55. The van der Waals surface area contributed by atoms with Gasteiger partial charge in [-0.3, -0.25) is 4.79 Å². The number of nitrogens with one attached hydrogen (secondary N) is 1. The van der Waals surface area contributed by atoms with Crippen molar-refractivity contribution in [2.45, 2.75) is 49.8 Å². The summed E-state index contributed by atoms with van der Waals surface area (Å²) < 4.78 is 15.5. The van der Waals surface area contributed by atoms with E-state index in [-0.39, 0.29) is 12.7 Å². The van der Waals surface area contributed by atoms with Gasteiger partial charge in [-0.15, -0.1) is 0 Å². The molecule has 1 N–H and O–H groups in total. The van der Waals surface area contributed by atoms with Crippen LogP contribution in [0, 0.1) is 0 Å². The number of carbonyl (C=O) groups is 2. The monoisotopic (exact) mass is 411 g/mol. The normalized spacial score (nSPS) is 18.9. The molecule has 1 aromatic rings. The highest BCUT2D eigenvalue weighted by molar-refractivity contribution is 8.77. The Labute approximate surface area is 167 Å². The van der Waals surface area contributed by atoms with Crippen molar-refractivity contribution in [3.8, 4) is 11.5 Å². The molecule has 1 fully saturated rings. The molecular formula is C19H25NO5S2. The van der Waals surface area contributed by atoms with Gasteiger partial charge in [0.15, 0.2) is 11.5 Å². The molecule has 148 valence electrons. The summed E-state index contributed by atoms with van der Waals surface area (Å²) in [6.45, 7) is 0.202. The van der Waals surface area contributed by atoms with Crippen molar-refractivity contribution >= 4 is 33.5 Å². The summed E-state index contributed by atoms with van der Waals surface area (Å²) in [7, 11) is 5.23.